The lowest BCUT2D eigenvalue weighted by molar-refractivity contribution is -0.161. The second-order valence-electron chi connectivity index (χ2n) is 5.76. The Hall–Kier alpha value is -0.900. The Morgan fingerprint density at radius 1 is 1.15 bits per heavy atom. The highest BCUT2D eigenvalue weighted by molar-refractivity contribution is 5.32. The summed E-state index contributed by atoms with van der Waals surface area (Å²) in [6.45, 7) is 2.50. The molecule has 1 aromatic carbocycles. The lowest BCUT2D eigenvalue weighted by Gasteiger charge is -2.27. The van der Waals surface area contributed by atoms with Crippen molar-refractivity contribution in [2.45, 2.75) is 50.9 Å². The molecule has 1 saturated heterocycles. The minimum atomic E-state index is 0.0317. The normalized spacial score (nSPS) is 26.2. The molecule has 0 saturated carbocycles. The summed E-state index contributed by atoms with van der Waals surface area (Å²) in [4.78, 5) is 0. The van der Waals surface area contributed by atoms with E-state index in [0.29, 0.717) is 6.04 Å². The van der Waals surface area contributed by atoms with Gasteiger partial charge in [0.1, 0.15) is 0 Å². The monoisotopic (exact) mass is 275 g/mol. The fourth-order valence-electron chi connectivity index (χ4n) is 3.23. The summed E-state index contributed by atoms with van der Waals surface area (Å²) in [6, 6.07) is 9.30. The molecule has 1 aliphatic heterocycles. The Labute approximate surface area is 121 Å². The first-order valence-corrected chi connectivity index (χ1v) is 7.98. The third-order valence-corrected chi connectivity index (χ3v) is 4.30. The van der Waals surface area contributed by atoms with E-state index < -0.39 is 0 Å². The molecule has 2 atom stereocenters. The molecule has 0 spiro atoms. The molecule has 1 aromatic rings. The summed E-state index contributed by atoms with van der Waals surface area (Å²) in [5.41, 5.74) is 2.99. The van der Waals surface area contributed by atoms with Crippen molar-refractivity contribution < 1.29 is 9.47 Å². The summed E-state index contributed by atoms with van der Waals surface area (Å²) in [5.74, 6) is 0. The quantitative estimate of drug-likeness (QED) is 0.837. The van der Waals surface area contributed by atoms with Gasteiger partial charge in [-0.3, -0.25) is 0 Å². The van der Waals surface area contributed by atoms with E-state index in [9.17, 15) is 0 Å². The van der Waals surface area contributed by atoms with Gasteiger partial charge >= 0.3 is 0 Å². The Kier molecular flexibility index (Phi) is 5.06. The summed E-state index contributed by atoms with van der Waals surface area (Å²) < 4.78 is 11.4. The van der Waals surface area contributed by atoms with Crippen LogP contribution in [0.5, 0.6) is 0 Å². The van der Waals surface area contributed by atoms with E-state index in [-0.39, 0.29) is 6.29 Å². The largest absolute Gasteiger partial charge is 0.353 e. The predicted octanol–water partition coefficient (Wildman–Crippen LogP) is 3.20. The lowest BCUT2D eigenvalue weighted by Crippen LogP contribution is -2.30. The van der Waals surface area contributed by atoms with Crippen LogP contribution in [0.4, 0.5) is 0 Å². The molecule has 0 aromatic heterocycles. The summed E-state index contributed by atoms with van der Waals surface area (Å²) in [5, 5.41) is 3.64. The average molecular weight is 275 g/mol. The Morgan fingerprint density at radius 2 is 2.10 bits per heavy atom. The molecule has 110 valence electrons. The van der Waals surface area contributed by atoms with Gasteiger partial charge in [0.2, 0.25) is 0 Å². The van der Waals surface area contributed by atoms with Crippen molar-refractivity contribution in [2.75, 3.05) is 19.8 Å². The van der Waals surface area contributed by atoms with Crippen LogP contribution in [-0.4, -0.2) is 26.0 Å². The molecule has 0 amide bonds. The van der Waals surface area contributed by atoms with Crippen LogP contribution in [0.1, 0.15) is 49.3 Å². The van der Waals surface area contributed by atoms with E-state index in [1.165, 1.54) is 43.2 Å². The molecule has 3 heteroatoms. The molecular weight excluding hydrogens is 250 g/mol. The van der Waals surface area contributed by atoms with Crippen LogP contribution >= 0.6 is 0 Å². The number of ether oxygens (including phenoxy) is 2. The lowest BCUT2D eigenvalue weighted by atomic mass is 9.88. The molecule has 2 aliphatic rings. The van der Waals surface area contributed by atoms with Crippen molar-refractivity contribution in [2.24, 2.45) is 0 Å². The van der Waals surface area contributed by atoms with Crippen LogP contribution in [-0.2, 0) is 15.9 Å². The van der Waals surface area contributed by atoms with Crippen molar-refractivity contribution in [1.82, 2.24) is 5.32 Å². The van der Waals surface area contributed by atoms with Crippen molar-refractivity contribution in [1.29, 1.82) is 0 Å². The highest BCUT2D eigenvalue weighted by Gasteiger charge is 2.19. The molecule has 1 fully saturated rings. The number of rotatable bonds is 5. The van der Waals surface area contributed by atoms with Gasteiger partial charge in [-0.2, -0.15) is 0 Å². The molecule has 0 radical (unpaired) electrons. The highest BCUT2D eigenvalue weighted by Crippen LogP contribution is 2.29. The van der Waals surface area contributed by atoms with E-state index >= 15 is 0 Å². The van der Waals surface area contributed by atoms with Gasteiger partial charge in [0.05, 0.1) is 6.61 Å². The Morgan fingerprint density at radius 3 is 3.00 bits per heavy atom. The number of benzene rings is 1. The van der Waals surface area contributed by atoms with E-state index in [2.05, 4.69) is 29.6 Å². The summed E-state index contributed by atoms with van der Waals surface area (Å²) >= 11 is 0. The molecule has 3 nitrogen and oxygen atoms in total. The second-order valence-corrected chi connectivity index (χ2v) is 5.76. The van der Waals surface area contributed by atoms with Crippen LogP contribution in [0.25, 0.3) is 0 Å². The first-order valence-electron chi connectivity index (χ1n) is 7.98. The maximum absolute atomic E-state index is 5.78. The maximum atomic E-state index is 5.78. The molecule has 1 aliphatic carbocycles. The van der Waals surface area contributed by atoms with Gasteiger partial charge in [0, 0.05) is 19.2 Å². The number of aryl methyl sites for hydroxylation is 1. The van der Waals surface area contributed by atoms with E-state index in [1.807, 2.05) is 0 Å². The fraction of sp³-hybridized carbons (Fsp3) is 0.647. The Balaban J connectivity index is 1.43. The average Bonchev–Trinajstić information content (AvgIpc) is 2.53. The number of fused-ring (bicyclic) bond motifs is 1. The van der Waals surface area contributed by atoms with Crippen molar-refractivity contribution in [3.63, 3.8) is 0 Å². The molecule has 2 unspecified atom stereocenters. The smallest absolute Gasteiger partial charge is 0.157 e. The number of nitrogens with one attached hydrogen (secondary N) is 1. The minimum absolute atomic E-state index is 0.0317. The van der Waals surface area contributed by atoms with Crippen molar-refractivity contribution in [3.05, 3.63) is 35.4 Å². The first-order chi connectivity index (χ1) is 9.93. The summed E-state index contributed by atoms with van der Waals surface area (Å²) in [7, 11) is 0. The van der Waals surface area contributed by atoms with Crippen LogP contribution in [0.3, 0.4) is 0 Å². The van der Waals surface area contributed by atoms with Crippen LogP contribution in [0.15, 0.2) is 24.3 Å². The third-order valence-electron chi connectivity index (χ3n) is 4.30. The predicted molar refractivity (Wildman–Crippen MR) is 79.7 cm³/mol. The van der Waals surface area contributed by atoms with Gasteiger partial charge in [0.25, 0.3) is 0 Å². The van der Waals surface area contributed by atoms with Gasteiger partial charge in [-0.1, -0.05) is 24.3 Å². The standard InChI is InChI=1S/C17H25NO2/c1-2-8-15-14(6-1)7-5-9-16(15)18-11-13-20-17-10-3-4-12-19-17/h1-2,6,8,16-18H,3-5,7,9-13H2. The topological polar surface area (TPSA) is 30.5 Å². The van der Waals surface area contributed by atoms with E-state index in [0.717, 1.165) is 26.2 Å². The molecule has 20 heavy (non-hydrogen) atoms. The Bertz CT molecular complexity index is 415. The van der Waals surface area contributed by atoms with Gasteiger partial charge in [-0.05, 0) is 49.7 Å². The van der Waals surface area contributed by atoms with Crippen LogP contribution in [0, 0.1) is 0 Å². The SMILES string of the molecule is c1ccc2c(c1)CCCC2NCCOC1CCCCO1. The molecule has 1 N–H and O–H groups in total. The van der Waals surface area contributed by atoms with E-state index in [4.69, 9.17) is 9.47 Å². The number of hydrogen-bond acceptors (Lipinski definition) is 3. The van der Waals surface area contributed by atoms with Gasteiger partial charge in [-0.15, -0.1) is 0 Å². The van der Waals surface area contributed by atoms with Crippen LogP contribution in [0.2, 0.25) is 0 Å². The first kappa shape index (κ1) is 14.1. The zero-order valence-electron chi connectivity index (χ0n) is 12.1. The fourth-order valence-corrected chi connectivity index (χ4v) is 3.23. The van der Waals surface area contributed by atoms with Crippen molar-refractivity contribution >= 4 is 0 Å². The molecule has 1 heterocycles. The van der Waals surface area contributed by atoms with Gasteiger partial charge < -0.3 is 14.8 Å². The summed E-state index contributed by atoms with van der Waals surface area (Å²) in [6.07, 6.45) is 7.22. The van der Waals surface area contributed by atoms with E-state index in [1.54, 1.807) is 0 Å². The van der Waals surface area contributed by atoms with Gasteiger partial charge in [-0.25, -0.2) is 0 Å². The zero-order chi connectivity index (χ0) is 13.6. The maximum Gasteiger partial charge on any atom is 0.157 e. The molecule has 0 bridgehead atoms. The third kappa shape index (κ3) is 3.60. The van der Waals surface area contributed by atoms with Gasteiger partial charge in [0.15, 0.2) is 6.29 Å². The molecule has 3 rings (SSSR count). The van der Waals surface area contributed by atoms with Crippen LogP contribution < -0.4 is 5.32 Å². The zero-order valence-corrected chi connectivity index (χ0v) is 12.1. The highest BCUT2D eigenvalue weighted by atomic mass is 16.7. The van der Waals surface area contributed by atoms with Crippen molar-refractivity contribution in [3.8, 4) is 0 Å². The second kappa shape index (κ2) is 7.21. The molecular formula is C17H25NO2. The number of hydrogen-bond donors (Lipinski definition) is 1. The minimum Gasteiger partial charge on any atom is -0.353 e.